The van der Waals surface area contributed by atoms with E-state index in [4.69, 9.17) is 5.73 Å². The molecule has 0 spiro atoms. The van der Waals surface area contributed by atoms with Crippen molar-refractivity contribution in [1.82, 2.24) is 5.32 Å². The molecular formula is C7H14N2O2S. The van der Waals surface area contributed by atoms with Crippen LogP contribution in [0.25, 0.3) is 0 Å². The lowest BCUT2D eigenvalue weighted by Gasteiger charge is -2.08. The molecule has 0 saturated heterocycles. The number of carbonyl (C=O) groups excluding carboxylic acids is 2. The van der Waals surface area contributed by atoms with Crippen LogP contribution in [-0.4, -0.2) is 36.8 Å². The summed E-state index contributed by atoms with van der Waals surface area (Å²) in [5.74, 6) is 0.603. The Morgan fingerprint density at radius 1 is 1.75 bits per heavy atom. The third-order valence-corrected chi connectivity index (χ3v) is 1.97. The van der Waals surface area contributed by atoms with Gasteiger partial charge in [-0.25, -0.2) is 0 Å². The molecule has 5 heteroatoms. The highest BCUT2D eigenvalue weighted by Crippen LogP contribution is 1.98. The van der Waals surface area contributed by atoms with Crippen LogP contribution in [0, 0.1) is 0 Å². The third kappa shape index (κ3) is 5.15. The summed E-state index contributed by atoms with van der Waals surface area (Å²) in [5, 5.41) is 2.40. The maximum atomic E-state index is 11.0. The first-order chi connectivity index (χ1) is 5.72. The number of carbonyl (C=O) groups is 2. The topological polar surface area (TPSA) is 72.2 Å². The summed E-state index contributed by atoms with van der Waals surface area (Å²) in [6.45, 7) is 0.0474. The Hall–Kier alpha value is -0.550. The molecule has 0 aromatic carbocycles. The number of hydrogen-bond acceptors (Lipinski definition) is 4. The normalized spacial score (nSPS) is 12.2. The maximum Gasteiger partial charge on any atom is 0.237 e. The van der Waals surface area contributed by atoms with Crippen molar-refractivity contribution in [2.75, 3.05) is 18.6 Å². The predicted octanol–water partition coefficient (Wildman–Crippen LogP) is -0.618. The van der Waals surface area contributed by atoms with E-state index in [1.54, 1.807) is 11.8 Å². The van der Waals surface area contributed by atoms with Crippen molar-refractivity contribution in [2.24, 2.45) is 5.73 Å². The van der Waals surface area contributed by atoms with Crippen LogP contribution in [-0.2, 0) is 9.59 Å². The predicted molar refractivity (Wildman–Crippen MR) is 50.0 cm³/mol. The summed E-state index contributed by atoms with van der Waals surface area (Å²) >= 11 is 1.64. The Bertz CT molecular complexity index is 152. The van der Waals surface area contributed by atoms with Gasteiger partial charge >= 0.3 is 0 Å². The SMILES string of the molecule is CSCC[C@@H](N)C(=O)NCC=O. The first-order valence-corrected chi connectivity index (χ1v) is 5.07. The Morgan fingerprint density at radius 2 is 2.42 bits per heavy atom. The third-order valence-electron chi connectivity index (χ3n) is 1.33. The van der Waals surface area contributed by atoms with Crippen molar-refractivity contribution in [1.29, 1.82) is 0 Å². The molecule has 0 aliphatic rings. The van der Waals surface area contributed by atoms with Crippen LogP contribution < -0.4 is 11.1 Å². The van der Waals surface area contributed by atoms with Gasteiger partial charge in [-0.2, -0.15) is 11.8 Å². The van der Waals surface area contributed by atoms with Gasteiger partial charge in [-0.3, -0.25) is 4.79 Å². The zero-order chi connectivity index (χ0) is 9.40. The molecule has 1 amide bonds. The molecule has 0 aliphatic heterocycles. The van der Waals surface area contributed by atoms with Crippen LogP contribution in [0.5, 0.6) is 0 Å². The van der Waals surface area contributed by atoms with Gasteiger partial charge in [-0.05, 0) is 18.4 Å². The summed E-state index contributed by atoms with van der Waals surface area (Å²) < 4.78 is 0. The Balaban J connectivity index is 3.53. The van der Waals surface area contributed by atoms with Crippen molar-refractivity contribution in [3.63, 3.8) is 0 Å². The number of aldehydes is 1. The number of nitrogens with two attached hydrogens (primary N) is 1. The molecule has 0 aromatic heterocycles. The highest BCUT2D eigenvalue weighted by Gasteiger charge is 2.10. The van der Waals surface area contributed by atoms with E-state index in [0.29, 0.717) is 12.7 Å². The van der Waals surface area contributed by atoms with E-state index in [0.717, 1.165) is 5.75 Å². The molecule has 0 aliphatic carbocycles. The maximum absolute atomic E-state index is 11.0. The molecule has 12 heavy (non-hydrogen) atoms. The van der Waals surface area contributed by atoms with Gasteiger partial charge in [-0.1, -0.05) is 0 Å². The molecule has 0 heterocycles. The van der Waals surface area contributed by atoms with Crippen molar-refractivity contribution < 1.29 is 9.59 Å². The average molecular weight is 190 g/mol. The number of hydrogen-bond donors (Lipinski definition) is 2. The summed E-state index contributed by atoms with van der Waals surface area (Å²) in [5.41, 5.74) is 5.50. The fourth-order valence-electron chi connectivity index (χ4n) is 0.649. The fraction of sp³-hybridized carbons (Fsp3) is 0.714. The van der Waals surface area contributed by atoms with E-state index >= 15 is 0 Å². The van der Waals surface area contributed by atoms with E-state index in [1.165, 1.54) is 0 Å². The van der Waals surface area contributed by atoms with Gasteiger partial charge in [0.25, 0.3) is 0 Å². The highest BCUT2D eigenvalue weighted by atomic mass is 32.2. The fourth-order valence-corrected chi connectivity index (χ4v) is 1.14. The lowest BCUT2D eigenvalue weighted by Crippen LogP contribution is -2.41. The van der Waals surface area contributed by atoms with Crippen LogP contribution in [0.2, 0.25) is 0 Å². The van der Waals surface area contributed by atoms with Crippen LogP contribution in [0.15, 0.2) is 0 Å². The van der Waals surface area contributed by atoms with Crippen LogP contribution in [0.4, 0.5) is 0 Å². The lowest BCUT2D eigenvalue weighted by atomic mass is 10.2. The summed E-state index contributed by atoms with van der Waals surface area (Å²) in [6.07, 6.45) is 3.24. The van der Waals surface area contributed by atoms with Gasteiger partial charge in [0, 0.05) is 0 Å². The summed E-state index contributed by atoms with van der Waals surface area (Å²) in [7, 11) is 0. The van der Waals surface area contributed by atoms with Gasteiger partial charge in [0.1, 0.15) is 6.29 Å². The zero-order valence-electron chi connectivity index (χ0n) is 7.08. The Kier molecular flexibility index (Phi) is 6.79. The van der Waals surface area contributed by atoms with Crippen LogP contribution in [0.1, 0.15) is 6.42 Å². The number of thioether (sulfide) groups is 1. The number of nitrogens with one attached hydrogen (secondary N) is 1. The molecule has 0 saturated carbocycles. The van der Waals surface area contributed by atoms with Gasteiger partial charge in [0.2, 0.25) is 5.91 Å². The van der Waals surface area contributed by atoms with Crippen molar-refractivity contribution in [3.8, 4) is 0 Å². The summed E-state index contributed by atoms with van der Waals surface area (Å²) in [6, 6.07) is -0.489. The van der Waals surface area contributed by atoms with Gasteiger partial charge in [0.05, 0.1) is 12.6 Å². The quantitative estimate of drug-likeness (QED) is 0.548. The number of rotatable bonds is 6. The van der Waals surface area contributed by atoms with Gasteiger partial charge in [0.15, 0.2) is 0 Å². The first kappa shape index (κ1) is 11.4. The molecule has 0 fully saturated rings. The molecule has 3 N–H and O–H groups in total. The molecule has 4 nitrogen and oxygen atoms in total. The highest BCUT2D eigenvalue weighted by molar-refractivity contribution is 7.98. The van der Waals surface area contributed by atoms with Crippen LogP contribution in [0.3, 0.4) is 0 Å². The monoisotopic (exact) mass is 190 g/mol. The minimum absolute atomic E-state index is 0.0474. The van der Waals surface area contributed by atoms with Crippen molar-refractivity contribution in [2.45, 2.75) is 12.5 Å². The van der Waals surface area contributed by atoms with Crippen molar-refractivity contribution >= 4 is 24.0 Å². The largest absolute Gasteiger partial charge is 0.348 e. The molecular weight excluding hydrogens is 176 g/mol. The molecule has 0 aromatic rings. The van der Waals surface area contributed by atoms with Crippen molar-refractivity contribution in [3.05, 3.63) is 0 Å². The van der Waals surface area contributed by atoms with Gasteiger partial charge < -0.3 is 15.8 Å². The minimum atomic E-state index is -0.489. The van der Waals surface area contributed by atoms with Crippen LogP contribution >= 0.6 is 11.8 Å². The second kappa shape index (κ2) is 7.12. The van der Waals surface area contributed by atoms with Gasteiger partial charge in [-0.15, -0.1) is 0 Å². The molecule has 0 rings (SSSR count). The van der Waals surface area contributed by atoms with E-state index < -0.39 is 6.04 Å². The molecule has 70 valence electrons. The molecule has 1 atom stereocenters. The summed E-state index contributed by atoms with van der Waals surface area (Å²) in [4.78, 5) is 20.9. The first-order valence-electron chi connectivity index (χ1n) is 3.68. The molecule has 0 radical (unpaired) electrons. The Morgan fingerprint density at radius 3 is 2.92 bits per heavy atom. The minimum Gasteiger partial charge on any atom is -0.348 e. The molecule has 0 bridgehead atoms. The second-order valence-corrected chi connectivity index (χ2v) is 3.29. The second-order valence-electron chi connectivity index (χ2n) is 2.30. The van der Waals surface area contributed by atoms with E-state index in [9.17, 15) is 9.59 Å². The average Bonchev–Trinajstić information content (AvgIpc) is 2.10. The molecule has 0 unspecified atom stereocenters. The van der Waals surface area contributed by atoms with E-state index in [2.05, 4.69) is 5.32 Å². The van der Waals surface area contributed by atoms with E-state index in [1.807, 2.05) is 6.26 Å². The number of amides is 1. The van der Waals surface area contributed by atoms with E-state index in [-0.39, 0.29) is 12.5 Å². The zero-order valence-corrected chi connectivity index (χ0v) is 7.89. The standard InChI is InChI=1S/C7H14N2O2S/c1-12-5-2-6(8)7(11)9-3-4-10/h4,6H,2-3,5,8H2,1H3,(H,9,11)/t6-/m1/s1. The Labute approximate surface area is 76.3 Å². The lowest BCUT2D eigenvalue weighted by molar-refractivity contribution is -0.123. The smallest absolute Gasteiger partial charge is 0.237 e.